The molecular formula is C52H33NO. The Hall–Kier alpha value is -7.16. The fourth-order valence-corrected chi connectivity index (χ4v) is 8.59. The van der Waals surface area contributed by atoms with Crippen LogP contribution in [0.4, 0.5) is 17.1 Å². The highest BCUT2D eigenvalue weighted by Gasteiger charge is 2.22. The van der Waals surface area contributed by atoms with Crippen molar-refractivity contribution in [2.24, 2.45) is 0 Å². The lowest BCUT2D eigenvalue weighted by Crippen LogP contribution is -2.10. The van der Waals surface area contributed by atoms with Crippen molar-refractivity contribution in [2.75, 3.05) is 4.90 Å². The maximum absolute atomic E-state index is 6.58. The maximum atomic E-state index is 6.58. The Morgan fingerprint density at radius 2 is 0.833 bits per heavy atom. The van der Waals surface area contributed by atoms with Crippen LogP contribution in [-0.4, -0.2) is 0 Å². The van der Waals surface area contributed by atoms with E-state index in [1.54, 1.807) is 0 Å². The van der Waals surface area contributed by atoms with E-state index in [1.165, 1.54) is 60.0 Å². The number of nitrogens with zero attached hydrogens (tertiary/aromatic N) is 1. The molecule has 2 heteroatoms. The first-order valence-electron chi connectivity index (χ1n) is 18.5. The minimum atomic E-state index is 0.881. The van der Waals surface area contributed by atoms with Crippen LogP contribution in [0.3, 0.4) is 0 Å². The second-order valence-electron chi connectivity index (χ2n) is 14.0. The molecule has 0 fully saturated rings. The molecule has 54 heavy (non-hydrogen) atoms. The fraction of sp³-hybridized carbons (Fsp3) is 0. The Bertz CT molecular complexity index is 3210. The molecule has 0 spiro atoms. The fourth-order valence-electron chi connectivity index (χ4n) is 8.59. The number of rotatable bonds is 5. The summed E-state index contributed by atoms with van der Waals surface area (Å²) in [5.74, 6) is 0. The van der Waals surface area contributed by atoms with E-state index in [1.807, 2.05) is 0 Å². The molecule has 0 unspecified atom stereocenters. The molecule has 0 aliphatic rings. The van der Waals surface area contributed by atoms with E-state index in [0.29, 0.717) is 0 Å². The summed E-state index contributed by atoms with van der Waals surface area (Å²) in [6, 6.07) is 72.4. The molecule has 1 heterocycles. The number of benzene rings is 10. The average Bonchev–Trinajstić information content (AvgIpc) is 3.62. The van der Waals surface area contributed by atoms with Crippen LogP contribution in [0.1, 0.15) is 0 Å². The van der Waals surface area contributed by atoms with Gasteiger partial charge in [0.05, 0.1) is 5.69 Å². The highest BCUT2D eigenvalue weighted by Crippen LogP contribution is 2.48. The minimum Gasteiger partial charge on any atom is -0.455 e. The van der Waals surface area contributed by atoms with Gasteiger partial charge in [0, 0.05) is 32.9 Å². The van der Waals surface area contributed by atoms with Gasteiger partial charge in [0.1, 0.15) is 11.2 Å². The number of anilines is 3. The van der Waals surface area contributed by atoms with Crippen molar-refractivity contribution >= 4 is 82.1 Å². The van der Waals surface area contributed by atoms with Gasteiger partial charge in [-0.05, 0) is 97.0 Å². The van der Waals surface area contributed by atoms with E-state index in [2.05, 4.69) is 205 Å². The Morgan fingerprint density at radius 3 is 1.57 bits per heavy atom. The van der Waals surface area contributed by atoms with E-state index >= 15 is 0 Å². The van der Waals surface area contributed by atoms with Crippen molar-refractivity contribution in [3.05, 3.63) is 200 Å². The predicted octanol–water partition coefficient (Wildman–Crippen LogP) is 15.0. The van der Waals surface area contributed by atoms with Crippen LogP contribution in [0.25, 0.3) is 87.3 Å². The van der Waals surface area contributed by atoms with E-state index < -0.39 is 0 Å². The first-order chi connectivity index (χ1) is 26.8. The lowest BCUT2D eigenvalue weighted by Gasteiger charge is -2.28. The molecule has 2 nitrogen and oxygen atoms in total. The monoisotopic (exact) mass is 687 g/mol. The zero-order valence-corrected chi connectivity index (χ0v) is 29.4. The van der Waals surface area contributed by atoms with Crippen LogP contribution in [0.2, 0.25) is 0 Å². The zero-order chi connectivity index (χ0) is 35.6. The molecule has 1 aromatic heterocycles. The first-order valence-corrected chi connectivity index (χ1v) is 18.5. The summed E-state index contributed by atoms with van der Waals surface area (Å²) in [5, 5.41) is 11.8. The van der Waals surface area contributed by atoms with Crippen LogP contribution in [0.5, 0.6) is 0 Å². The summed E-state index contributed by atoms with van der Waals surface area (Å²) in [7, 11) is 0. The van der Waals surface area contributed by atoms with Crippen LogP contribution < -0.4 is 4.90 Å². The molecular weight excluding hydrogens is 655 g/mol. The van der Waals surface area contributed by atoms with Gasteiger partial charge in [-0.3, -0.25) is 0 Å². The van der Waals surface area contributed by atoms with Gasteiger partial charge in [-0.15, -0.1) is 0 Å². The second kappa shape index (κ2) is 12.2. The Morgan fingerprint density at radius 1 is 0.315 bits per heavy atom. The summed E-state index contributed by atoms with van der Waals surface area (Å²) < 4.78 is 6.58. The van der Waals surface area contributed by atoms with Crippen LogP contribution in [0, 0.1) is 0 Å². The van der Waals surface area contributed by atoms with E-state index in [0.717, 1.165) is 44.4 Å². The summed E-state index contributed by atoms with van der Waals surface area (Å²) in [5.41, 5.74) is 9.96. The quantitative estimate of drug-likeness (QED) is 0.168. The molecule has 10 aromatic carbocycles. The third kappa shape index (κ3) is 4.74. The SMILES string of the molecule is c1ccc(-c2c(-c3ccccc3)c3cc(N(c4ccc5oc6c7ccccc7ccc6c5c4)c4cccc5ccccc45)ccc3c3ccccc23)cc1. The normalized spacial score (nSPS) is 11.7. The van der Waals surface area contributed by atoms with Gasteiger partial charge < -0.3 is 9.32 Å². The Kier molecular flexibility index (Phi) is 6.90. The van der Waals surface area contributed by atoms with E-state index in [-0.39, 0.29) is 0 Å². The zero-order valence-electron chi connectivity index (χ0n) is 29.4. The van der Waals surface area contributed by atoms with Crippen molar-refractivity contribution in [1.29, 1.82) is 0 Å². The molecule has 252 valence electrons. The third-order valence-electron chi connectivity index (χ3n) is 11.0. The highest BCUT2D eigenvalue weighted by molar-refractivity contribution is 6.22. The Balaban J connectivity index is 1.23. The first kappa shape index (κ1) is 30.5. The van der Waals surface area contributed by atoms with Crippen LogP contribution in [0.15, 0.2) is 205 Å². The topological polar surface area (TPSA) is 16.4 Å². The standard InChI is InChI=1S/C52H33NO/c1-3-16-36(17-4-1)50-44-24-12-11-23-42(44)43-30-27-38(33-47(43)51(50)37-18-5-2-6-19-37)53(48-25-13-20-34-14-7-9-21-40(34)48)39-28-31-49-46(32-39)45-29-26-35-15-8-10-22-41(35)52(45)54-49/h1-33H. The van der Waals surface area contributed by atoms with E-state index in [4.69, 9.17) is 4.42 Å². The van der Waals surface area contributed by atoms with Crippen molar-refractivity contribution in [2.45, 2.75) is 0 Å². The molecule has 0 aliphatic carbocycles. The van der Waals surface area contributed by atoms with Gasteiger partial charge in [-0.1, -0.05) is 158 Å². The molecule has 0 aliphatic heterocycles. The van der Waals surface area contributed by atoms with Crippen LogP contribution >= 0.6 is 0 Å². The third-order valence-corrected chi connectivity index (χ3v) is 11.0. The second-order valence-corrected chi connectivity index (χ2v) is 14.0. The molecule has 0 bridgehead atoms. The van der Waals surface area contributed by atoms with Crippen molar-refractivity contribution in [3.63, 3.8) is 0 Å². The van der Waals surface area contributed by atoms with Gasteiger partial charge >= 0.3 is 0 Å². The lowest BCUT2D eigenvalue weighted by atomic mass is 9.85. The molecule has 0 radical (unpaired) electrons. The Labute approximate surface area is 312 Å². The summed E-state index contributed by atoms with van der Waals surface area (Å²) in [6.45, 7) is 0. The lowest BCUT2D eigenvalue weighted by molar-refractivity contribution is 0.672. The van der Waals surface area contributed by atoms with Gasteiger partial charge in [0.15, 0.2) is 0 Å². The maximum Gasteiger partial charge on any atom is 0.143 e. The molecule has 0 atom stereocenters. The number of furan rings is 1. The van der Waals surface area contributed by atoms with E-state index in [9.17, 15) is 0 Å². The number of hydrogen-bond acceptors (Lipinski definition) is 2. The van der Waals surface area contributed by atoms with Gasteiger partial charge in [-0.2, -0.15) is 0 Å². The molecule has 0 amide bonds. The van der Waals surface area contributed by atoms with Gasteiger partial charge in [0.25, 0.3) is 0 Å². The summed E-state index contributed by atoms with van der Waals surface area (Å²) in [4.78, 5) is 2.42. The predicted molar refractivity (Wildman–Crippen MR) is 229 cm³/mol. The smallest absolute Gasteiger partial charge is 0.143 e. The molecule has 0 saturated carbocycles. The largest absolute Gasteiger partial charge is 0.455 e. The number of fused-ring (bicyclic) bond motifs is 9. The minimum absolute atomic E-state index is 0.881. The van der Waals surface area contributed by atoms with Gasteiger partial charge in [-0.25, -0.2) is 0 Å². The number of hydrogen-bond donors (Lipinski definition) is 0. The van der Waals surface area contributed by atoms with Crippen LogP contribution in [-0.2, 0) is 0 Å². The van der Waals surface area contributed by atoms with Gasteiger partial charge in [0.2, 0.25) is 0 Å². The van der Waals surface area contributed by atoms with Crippen molar-refractivity contribution in [3.8, 4) is 22.3 Å². The molecule has 11 rings (SSSR count). The molecule has 11 aromatic rings. The molecule has 0 N–H and O–H groups in total. The highest BCUT2D eigenvalue weighted by atomic mass is 16.3. The van der Waals surface area contributed by atoms with Crippen molar-refractivity contribution in [1.82, 2.24) is 0 Å². The molecule has 0 saturated heterocycles. The summed E-state index contributed by atoms with van der Waals surface area (Å²) >= 11 is 0. The van der Waals surface area contributed by atoms with Crippen molar-refractivity contribution < 1.29 is 4.42 Å². The summed E-state index contributed by atoms with van der Waals surface area (Å²) in [6.07, 6.45) is 0. The average molecular weight is 688 g/mol.